The van der Waals surface area contributed by atoms with Crippen molar-refractivity contribution in [3.63, 3.8) is 0 Å². The molecule has 33 heavy (non-hydrogen) atoms. The normalized spacial score (nSPS) is 10.6. The van der Waals surface area contributed by atoms with Gasteiger partial charge in [-0.05, 0) is 60.3 Å². The molecule has 0 aliphatic carbocycles. The summed E-state index contributed by atoms with van der Waals surface area (Å²) in [5.74, 6) is -1.57. The lowest BCUT2D eigenvalue weighted by molar-refractivity contribution is -0.120. The Morgan fingerprint density at radius 2 is 1.94 bits per heavy atom. The molecule has 0 saturated carbocycles. The molecule has 0 aliphatic heterocycles. The number of esters is 1. The molecule has 3 rings (SSSR count). The zero-order valence-electron chi connectivity index (χ0n) is 17.5. The van der Waals surface area contributed by atoms with Crippen molar-refractivity contribution in [1.82, 2.24) is 10.7 Å². The average Bonchev–Trinajstić information content (AvgIpc) is 3.34. The molecule has 2 N–H and O–H groups in total. The molecule has 170 valence electrons. The zero-order chi connectivity index (χ0) is 23.6. The molecule has 0 spiro atoms. The molecule has 8 nitrogen and oxygen atoms in total. The van der Waals surface area contributed by atoms with Gasteiger partial charge in [0.25, 0.3) is 11.8 Å². The van der Waals surface area contributed by atoms with E-state index in [1.807, 2.05) is 0 Å². The number of hydrogen-bond acceptors (Lipinski definition) is 7. The monoisotopic (exact) mass is 469 g/mol. The van der Waals surface area contributed by atoms with Crippen LogP contribution in [0.2, 0.25) is 0 Å². The molecular weight excluding hydrogens is 449 g/mol. The zero-order valence-corrected chi connectivity index (χ0v) is 18.4. The van der Waals surface area contributed by atoms with Crippen LogP contribution in [0.15, 0.2) is 65.1 Å². The van der Waals surface area contributed by atoms with Gasteiger partial charge in [0.2, 0.25) is 0 Å². The highest BCUT2D eigenvalue weighted by Gasteiger charge is 2.14. The number of ether oxygens (including phenoxy) is 2. The number of hydrazone groups is 1. The summed E-state index contributed by atoms with van der Waals surface area (Å²) in [6.07, 6.45) is 1.37. The summed E-state index contributed by atoms with van der Waals surface area (Å²) >= 11 is 1.27. The fourth-order valence-electron chi connectivity index (χ4n) is 2.61. The number of hydrogen-bond donors (Lipinski definition) is 2. The highest BCUT2D eigenvalue weighted by atomic mass is 32.1. The number of carbonyl (C=O) groups is 3. The fourth-order valence-corrected chi connectivity index (χ4v) is 3.21. The maximum absolute atomic E-state index is 13.2. The van der Waals surface area contributed by atoms with Crippen molar-refractivity contribution < 1.29 is 28.2 Å². The van der Waals surface area contributed by atoms with Gasteiger partial charge in [0.15, 0.2) is 11.5 Å². The molecule has 0 aliphatic rings. The maximum Gasteiger partial charge on any atom is 0.353 e. The van der Waals surface area contributed by atoms with Crippen molar-refractivity contribution in [2.75, 3.05) is 13.2 Å². The number of carbonyl (C=O) groups excluding carboxylic acids is 3. The maximum atomic E-state index is 13.2. The minimum absolute atomic E-state index is 0.106. The Morgan fingerprint density at radius 3 is 2.67 bits per heavy atom. The van der Waals surface area contributed by atoms with Crippen LogP contribution in [0.3, 0.4) is 0 Å². The molecule has 10 heteroatoms. The Bertz CT molecular complexity index is 1160. The largest absolute Gasteiger partial charge is 0.490 e. The fraction of sp³-hybridized carbons (Fsp3) is 0.130. The van der Waals surface area contributed by atoms with Gasteiger partial charge in [0, 0.05) is 5.56 Å². The molecule has 1 heterocycles. The summed E-state index contributed by atoms with van der Waals surface area (Å²) in [5, 5.41) is 8.00. The van der Waals surface area contributed by atoms with Crippen molar-refractivity contribution in [2.24, 2.45) is 5.10 Å². The van der Waals surface area contributed by atoms with E-state index in [9.17, 15) is 18.8 Å². The van der Waals surface area contributed by atoms with Crippen molar-refractivity contribution in [2.45, 2.75) is 6.92 Å². The van der Waals surface area contributed by atoms with Crippen LogP contribution in [0.4, 0.5) is 4.39 Å². The highest BCUT2D eigenvalue weighted by Crippen LogP contribution is 2.29. The highest BCUT2D eigenvalue weighted by molar-refractivity contribution is 7.12. The van der Waals surface area contributed by atoms with E-state index in [1.165, 1.54) is 35.8 Å². The number of amides is 2. The first-order valence-electron chi connectivity index (χ1n) is 9.84. The first kappa shape index (κ1) is 23.6. The third-order valence-corrected chi connectivity index (χ3v) is 4.94. The van der Waals surface area contributed by atoms with Gasteiger partial charge >= 0.3 is 5.97 Å². The van der Waals surface area contributed by atoms with Gasteiger partial charge in [0.05, 0.1) is 19.4 Å². The van der Waals surface area contributed by atoms with Crippen LogP contribution in [-0.2, 0) is 4.79 Å². The number of nitrogens with one attached hydrogen (secondary N) is 2. The first-order chi connectivity index (χ1) is 16.0. The summed E-state index contributed by atoms with van der Waals surface area (Å²) in [7, 11) is 0. The summed E-state index contributed by atoms with van der Waals surface area (Å²) in [4.78, 5) is 36.5. The van der Waals surface area contributed by atoms with Crippen molar-refractivity contribution in [1.29, 1.82) is 0 Å². The SMILES string of the molecule is CCOc1cc(/C=N/NC(=O)CNC(=O)c2cccc(F)c2)ccc1OC(=O)c1cccs1. The van der Waals surface area contributed by atoms with Gasteiger partial charge in [-0.3, -0.25) is 9.59 Å². The van der Waals surface area contributed by atoms with Crippen LogP contribution in [0.25, 0.3) is 0 Å². The van der Waals surface area contributed by atoms with Gasteiger partial charge in [-0.15, -0.1) is 11.3 Å². The van der Waals surface area contributed by atoms with Crippen LogP contribution in [0.5, 0.6) is 11.5 Å². The van der Waals surface area contributed by atoms with E-state index in [-0.39, 0.29) is 17.9 Å². The molecular formula is C23H20FN3O5S. The molecule has 0 atom stereocenters. The van der Waals surface area contributed by atoms with Crippen LogP contribution in [0.1, 0.15) is 32.5 Å². The standard InChI is InChI=1S/C23H20FN3O5S/c1-2-31-19-11-15(8-9-18(19)32-23(30)20-7-4-10-33-20)13-26-27-21(28)14-25-22(29)16-5-3-6-17(24)12-16/h3-13H,2,14H2,1H3,(H,25,29)(H,27,28)/b26-13+. The molecule has 0 saturated heterocycles. The van der Waals surface area contributed by atoms with Crippen LogP contribution >= 0.6 is 11.3 Å². The Labute approximate surface area is 193 Å². The van der Waals surface area contributed by atoms with Crippen molar-refractivity contribution in [3.05, 3.63) is 81.8 Å². The number of rotatable bonds is 9. The van der Waals surface area contributed by atoms with Crippen molar-refractivity contribution >= 4 is 35.3 Å². The molecule has 1 aromatic heterocycles. The van der Waals surface area contributed by atoms with Gasteiger partial charge in [-0.2, -0.15) is 5.10 Å². The van der Waals surface area contributed by atoms with E-state index in [2.05, 4.69) is 15.8 Å². The molecule has 2 amide bonds. The predicted molar refractivity (Wildman–Crippen MR) is 121 cm³/mol. The summed E-state index contributed by atoms with van der Waals surface area (Å²) in [6, 6.07) is 13.4. The molecule has 0 radical (unpaired) electrons. The Hall–Kier alpha value is -4.05. The topological polar surface area (TPSA) is 106 Å². The Kier molecular flexibility index (Phi) is 8.25. The second-order valence-corrected chi connectivity index (χ2v) is 7.44. The predicted octanol–water partition coefficient (Wildman–Crippen LogP) is 3.39. The lowest BCUT2D eigenvalue weighted by atomic mass is 10.2. The van der Waals surface area contributed by atoms with Crippen LogP contribution < -0.4 is 20.2 Å². The second kappa shape index (κ2) is 11.5. The molecule has 3 aromatic rings. The minimum atomic E-state index is -0.581. The van der Waals surface area contributed by atoms with E-state index in [4.69, 9.17) is 9.47 Å². The van der Waals surface area contributed by atoms with Gasteiger partial charge in [0.1, 0.15) is 10.7 Å². The van der Waals surface area contributed by atoms with Gasteiger partial charge in [-0.25, -0.2) is 14.6 Å². The number of halogens is 1. The molecule has 0 fully saturated rings. The third-order valence-electron chi connectivity index (χ3n) is 4.09. The van der Waals surface area contributed by atoms with E-state index in [0.29, 0.717) is 22.8 Å². The Morgan fingerprint density at radius 1 is 1.09 bits per heavy atom. The van der Waals surface area contributed by atoms with Crippen LogP contribution in [0, 0.1) is 5.82 Å². The first-order valence-corrected chi connectivity index (χ1v) is 10.7. The van der Waals surface area contributed by atoms with E-state index in [0.717, 1.165) is 6.07 Å². The van der Waals surface area contributed by atoms with Crippen LogP contribution in [-0.4, -0.2) is 37.1 Å². The Balaban J connectivity index is 1.55. The molecule has 2 aromatic carbocycles. The van der Waals surface area contributed by atoms with E-state index >= 15 is 0 Å². The third kappa shape index (κ3) is 6.97. The smallest absolute Gasteiger partial charge is 0.353 e. The summed E-state index contributed by atoms with van der Waals surface area (Å²) < 4.78 is 24.1. The number of thiophene rings is 1. The number of benzene rings is 2. The average molecular weight is 469 g/mol. The van der Waals surface area contributed by atoms with Gasteiger partial charge in [-0.1, -0.05) is 12.1 Å². The minimum Gasteiger partial charge on any atom is -0.490 e. The van der Waals surface area contributed by atoms with E-state index < -0.39 is 23.6 Å². The van der Waals surface area contributed by atoms with Gasteiger partial charge < -0.3 is 14.8 Å². The number of nitrogens with zero attached hydrogens (tertiary/aromatic N) is 1. The summed E-state index contributed by atoms with van der Waals surface area (Å²) in [5.41, 5.74) is 2.97. The molecule has 0 bridgehead atoms. The van der Waals surface area contributed by atoms with Crippen molar-refractivity contribution in [3.8, 4) is 11.5 Å². The quantitative estimate of drug-likeness (QED) is 0.216. The lowest BCUT2D eigenvalue weighted by Crippen LogP contribution is -2.34. The van der Waals surface area contributed by atoms with E-state index in [1.54, 1.807) is 42.6 Å². The lowest BCUT2D eigenvalue weighted by Gasteiger charge is -2.10. The molecule has 0 unspecified atom stereocenters. The second-order valence-electron chi connectivity index (χ2n) is 6.49. The summed E-state index contributed by atoms with van der Waals surface area (Å²) in [6.45, 7) is 1.81.